The molecule has 0 saturated carbocycles. The van der Waals surface area contributed by atoms with E-state index in [0.29, 0.717) is 22.2 Å². The quantitative estimate of drug-likeness (QED) is 0.916. The normalized spacial score (nSPS) is 11.7. The van der Waals surface area contributed by atoms with Gasteiger partial charge in [0.15, 0.2) is 0 Å². The first kappa shape index (κ1) is 16.1. The molecule has 0 aliphatic carbocycles. The van der Waals surface area contributed by atoms with E-state index in [-0.39, 0.29) is 16.5 Å². The standard InChI is InChI=1S/C12H13Cl2N3O3S/c1-7-12(14)10(17(2)16-7)6-20-11-4-3-8(5-9(11)13)21(15,18)19/h3-5H,6H2,1-2H3,(H2,15,18,19). The molecule has 0 fully saturated rings. The Morgan fingerprint density at radius 1 is 1.38 bits per heavy atom. The molecule has 1 aromatic carbocycles. The predicted molar refractivity (Wildman–Crippen MR) is 80.1 cm³/mol. The fourth-order valence-electron chi connectivity index (χ4n) is 1.76. The Kier molecular flexibility index (Phi) is 4.48. The molecule has 6 nitrogen and oxygen atoms in total. The Morgan fingerprint density at radius 3 is 2.52 bits per heavy atom. The zero-order valence-corrected chi connectivity index (χ0v) is 13.6. The molecular weight excluding hydrogens is 337 g/mol. The maximum atomic E-state index is 11.2. The van der Waals surface area contributed by atoms with Gasteiger partial charge in [0, 0.05) is 7.05 Å². The average molecular weight is 350 g/mol. The first-order valence-electron chi connectivity index (χ1n) is 5.83. The number of ether oxygens (including phenoxy) is 1. The van der Waals surface area contributed by atoms with E-state index in [1.807, 2.05) is 0 Å². The molecule has 9 heteroatoms. The van der Waals surface area contributed by atoms with Gasteiger partial charge in [-0.15, -0.1) is 0 Å². The third-order valence-corrected chi connectivity index (χ3v) is 4.56. The van der Waals surface area contributed by atoms with Crippen molar-refractivity contribution in [2.45, 2.75) is 18.4 Å². The Morgan fingerprint density at radius 2 is 2.05 bits per heavy atom. The summed E-state index contributed by atoms with van der Waals surface area (Å²) in [6, 6.07) is 4.01. The van der Waals surface area contributed by atoms with E-state index >= 15 is 0 Å². The minimum absolute atomic E-state index is 0.0748. The van der Waals surface area contributed by atoms with Crippen molar-refractivity contribution in [3.8, 4) is 5.75 Å². The van der Waals surface area contributed by atoms with Gasteiger partial charge in [0.05, 0.1) is 26.3 Å². The van der Waals surface area contributed by atoms with Crippen molar-refractivity contribution < 1.29 is 13.2 Å². The maximum absolute atomic E-state index is 11.2. The minimum Gasteiger partial charge on any atom is -0.486 e. The fourth-order valence-corrected chi connectivity index (χ4v) is 2.81. The van der Waals surface area contributed by atoms with Crippen LogP contribution in [0.3, 0.4) is 0 Å². The van der Waals surface area contributed by atoms with Gasteiger partial charge in [-0.3, -0.25) is 4.68 Å². The summed E-state index contributed by atoms with van der Waals surface area (Å²) in [5, 5.41) is 9.87. The molecule has 2 N–H and O–H groups in total. The second kappa shape index (κ2) is 5.84. The van der Waals surface area contributed by atoms with Crippen molar-refractivity contribution >= 4 is 33.2 Å². The van der Waals surface area contributed by atoms with Crippen LogP contribution in [0.25, 0.3) is 0 Å². The SMILES string of the molecule is Cc1nn(C)c(COc2ccc(S(N)(=O)=O)cc2Cl)c1Cl. The first-order chi connectivity index (χ1) is 9.70. The predicted octanol–water partition coefficient (Wildman–Crippen LogP) is 2.26. The van der Waals surface area contributed by atoms with Crippen LogP contribution in [0, 0.1) is 6.92 Å². The molecule has 0 aliphatic rings. The van der Waals surface area contributed by atoms with Crippen molar-refractivity contribution in [3.63, 3.8) is 0 Å². The largest absolute Gasteiger partial charge is 0.486 e. The van der Waals surface area contributed by atoms with Gasteiger partial charge < -0.3 is 4.74 Å². The summed E-state index contributed by atoms with van der Waals surface area (Å²) in [4.78, 5) is -0.0748. The second-order valence-electron chi connectivity index (χ2n) is 4.40. The zero-order chi connectivity index (χ0) is 15.8. The molecule has 1 aromatic heterocycles. The minimum atomic E-state index is -3.79. The van der Waals surface area contributed by atoms with E-state index in [1.54, 1.807) is 18.7 Å². The number of aromatic nitrogens is 2. The highest BCUT2D eigenvalue weighted by Crippen LogP contribution is 2.28. The lowest BCUT2D eigenvalue weighted by Crippen LogP contribution is -2.12. The molecular formula is C12H13Cl2N3O3S. The summed E-state index contributed by atoms with van der Waals surface area (Å²) in [6.07, 6.45) is 0. The number of primary sulfonamides is 1. The Hall–Kier alpha value is -1.28. The number of hydrogen-bond donors (Lipinski definition) is 1. The van der Waals surface area contributed by atoms with Crippen molar-refractivity contribution in [2.24, 2.45) is 12.2 Å². The lowest BCUT2D eigenvalue weighted by molar-refractivity contribution is 0.295. The van der Waals surface area contributed by atoms with E-state index in [1.165, 1.54) is 18.2 Å². The van der Waals surface area contributed by atoms with Crippen LogP contribution < -0.4 is 9.88 Å². The molecule has 2 rings (SSSR count). The maximum Gasteiger partial charge on any atom is 0.238 e. The summed E-state index contributed by atoms with van der Waals surface area (Å²) < 4.78 is 29.6. The van der Waals surface area contributed by atoms with Crippen LogP contribution >= 0.6 is 23.2 Å². The van der Waals surface area contributed by atoms with E-state index in [9.17, 15) is 8.42 Å². The summed E-state index contributed by atoms with van der Waals surface area (Å²) in [5.74, 6) is 0.332. The second-order valence-corrected chi connectivity index (χ2v) is 6.74. The lowest BCUT2D eigenvalue weighted by Gasteiger charge is -2.09. The summed E-state index contributed by atoms with van der Waals surface area (Å²) in [7, 11) is -2.04. The molecule has 0 radical (unpaired) electrons. The molecule has 1 heterocycles. The number of benzene rings is 1. The summed E-state index contributed by atoms with van der Waals surface area (Å²) in [6.45, 7) is 1.95. The van der Waals surface area contributed by atoms with Crippen LogP contribution in [-0.4, -0.2) is 18.2 Å². The topological polar surface area (TPSA) is 87.2 Å². The van der Waals surface area contributed by atoms with Crippen LogP contribution in [0.15, 0.2) is 23.1 Å². The molecule has 0 atom stereocenters. The van der Waals surface area contributed by atoms with Gasteiger partial charge in [0.1, 0.15) is 12.4 Å². The Labute approximate surface area is 132 Å². The monoisotopic (exact) mass is 349 g/mol. The number of halogens is 2. The van der Waals surface area contributed by atoms with E-state index in [4.69, 9.17) is 33.1 Å². The Balaban J connectivity index is 2.21. The fraction of sp³-hybridized carbons (Fsp3) is 0.250. The zero-order valence-electron chi connectivity index (χ0n) is 11.3. The number of aryl methyl sites for hydroxylation is 2. The molecule has 0 amide bonds. The van der Waals surface area contributed by atoms with Crippen LogP contribution in [0.1, 0.15) is 11.4 Å². The average Bonchev–Trinajstić information content (AvgIpc) is 2.61. The van der Waals surface area contributed by atoms with Crippen LogP contribution in [0.2, 0.25) is 10.0 Å². The van der Waals surface area contributed by atoms with Crippen LogP contribution in [-0.2, 0) is 23.7 Å². The molecule has 0 saturated heterocycles. The number of nitrogens with zero attached hydrogens (tertiary/aromatic N) is 2. The number of rotatable bonds is 4. The van der Waals surface area contributed by atoms with Gasteiger partial charge in [-0.1, -0.05) is 23.2 Å². The smallest absolute Gasteiger partial charge is 0.238 e. The Bertz CT molecular complexity index is 787. The highest BCUT2D eigenvalue weighted by atomic mass is 35.5. The van der Waals surface area contributed by atoms with E-state index in [2.05, 4.69) is 5.10 Å². The van der Waals surface area contributed by atoms with Gasteiger partial charge in [0.25, 0.3) is 0 Å². The van der Waals surface area contributed by atoms with Gasteiger partial charge in [0.2, 0.25) is 10.0 Å². The highest BCUT2D eigenvalue weighted by molar-refractivity contribution is 7.89. The lowest BCUT2D eigenvalue weighted by atomic mass is 10.3. The van der Waals surface area contributed by atoms with Gasteiger partial charge in [-0.2, -0.15) is 5.10 Å². The highest BCUT2D eigenvalue weighted by Gasteiger charge is 2.14. The van der Waals surface area contributed by atoms with E-state index < -0.39 is 10.0 Å². The first-order valence-corrected chi connectivity index (χ1v) is 8.13. The summed E-state index contributed by atoms with van der Waals surface area (Å²) >= 11 is 12.1. The van der Waals surface area contributed by atoms with Gasteiger partial charge >= 0.3 is 0 Å². The van der Waals surface area contributed by atoms with E-state index in [0.717, 1.165) is 0 Å². The molecule has 0 aliphatic heterocycles. The van der Waals surface area contributed by atoms with Crippen LogP contribution in [0.4, 0.5) is 0 Å². The molecule has 2 aromatic rings. The van der Waals surface area contributed by atoms with Gasteiger partial charge in [-0.05, 0) is 25.1 Å². The number of nitrogens with two attached hydrogens (primary N) is 1. The van der Waals surface area contributed by atoms with Gasteiger partial charge in [-0.25, -0.2) is 13.6 Å². The number of hydrogen-bond acceptors (Lipinski definition) is 4. The van der Waals surface area contributed by atoms with Crippen molar-refractivity contribution in [3.05, 3.63) is 39.6 Å². The van der Waals surface area contributed by atoms with Crippen molar-refractivity contribution in [1.82, 2.24) is 9.78 Å². The molecule has 21 heavy (non-hydrogen) atoms. The van der Waals surface area contributed by atoms with Crippen LogP contribution in [0.5, 0.6) is 5.75 Å². The molecule has 114 valence electrons. The third kappa shape index (κ3) is 3.49. The molecule has 0 bridgehead atoms. The third-order valence-electron chi connectivity index (χ3n) is 2.86. The number of sulfonamides is 1. The van der Waals surface area contributed by atoms with Crippen molar-refractivity contribution in [2.75, 3.05) is 0 Å². The summed E-state index contributed by atoms with van der Waals surface area (Å²) in [5.41, 5.74) is 1.40. The van der Waals surface area contributed by atoms with Crippen molar-refractivity contribution in [1.29, 1.82) is 0 Å². The molecule has 0 unspecified atom stereocenters. The molecule has 0 spiro atoms.